The second-order valence-electron chi connectivity index (χ2n) is 4.15. The Morgan fingerprint density at radius 1 is 1.15 bits per heavy atom. The van der Waals surface area contributed by atoms with Crippen molar-refractivity contribution in [1.82, 2.24) is 0 Å². The number of hydrogen-bond donors (Lipinski definition) is 1. The number of carbonyl (C=O) groups excluding carboxylic acids is 1. The van der Waals surface area contributed by atoms with Crippen LogP contribution in [0.4, 0.5) is 10.1 Å². The van der Waals surface area contributed by atoms with Crippen molar-refractivity contribution in [2.75, 3.05) is 12.3 Å². The van der Waals surface area contributed by atoms with Crippen LogP contribution in [0.25, 0.3) is 0 Å². The molecule has 20 heavy (non-hydrogen) atoms. The molecule has 2 aromatic rings. The highest BCUT2D eigenvalue weighted by atomic mass is 19.1. The van der Waals surface area contributed by atoms with Gasteiger partial charge in [-0.2, -0.15) is 0 Å². The van der Waals surface area contributed by atoms with Crippen LogP contribution < -0.4 is 10.5 Å². The number of carbonyl (C=O) groups is 1. The van der Waals surface area contributed by atoms with Crippen LogP contribution in [0.2, 0.25) is 0 Å². The lowest BCUT2D eigenvalue weighted by Gasteiger charge is -2.07. The monoisotopic (exact) mass is 275 g/mol. The lowest BCUT2D eigenvalue weighted by Crippen LogP contribution is -2.14. The zero-order valence-corrected chi connectivity index (χ0v) is 10.7. The average Bonchev–Trinajstić information content (AvgIpc) is 2.45. The summed E-state index contributed by atoms with van der Waals surface area (Å²) in [4.78, 5) is 11.5. The zero-order chi connectivity index (χ0) is 14.4. The Labute approximate surface area is 115 Å². The normalized spacial score (nSPS) is 10.1. The van der Waals surface area contributed by atoms with Gasteiger partial charge < -0.3 is 15.2 Å². The van der Waals surface area contributed by atoms with Gasteiger partial charge in [0.15, 0.2) is 6.61 Å². The van der Waals surface area contributed by atoms with Gasteiger partial charge in [0, 0.05) is 11.8 Å². The molecule has 2 N–H and O–H groups in total. The van der Waals surface area contributed by atoms with Crippen LogP contribution in [0.5, 0.6) is 5.75 Å². The maximum atomic E-state index is 12.7. The van der Waals surface area contributed by atoms with E-state index in [1.54, 1.807) is 36.4 Å². The van der Waals surface area contributed by atoms with E-state index < -0.39 is 5.97 Å². The fourth-order valence-electron chi connectivity index (χ4n) is 1.53. The van der Waals surface area contributed by atoms with Gasteiger partial charge in [0.25, 0.3) is 0 Å². The Morgan fingerprint density at radius 3 is 2.60 bits per heavy atom. The van der Waals surface area contributed by atoms with Crippen LogP contribution in [0.15, 0.2) is 48.5 Å². The quantitative estimate of drug-likeness (QED) is 0.673. The van der Waals surface area contributed by atoms with Crippen molar-refractivity contribution >= 4 is 11.7 Å². The van der Waals surface area contributed by atoms with Crippen LogP contribution in [0.3, 0.4) is 0 Å². The molecule has 104 valence electrons. The first-order valence-electron chi connectivity index (χ1n) is 6.02. The average molecular weight is 275 g/mol. The molecule has 2 aromatic carbocycles. The highest BCUT2D eigenvalue weighted by Gasteiger charge is 2.05. The zero-order valence-electron chi connectivity index (χ0n) is 10.7. The predicted octanol–water partition coefficient (Wildman–Crippen LogP) is 2.53. The van der Waals surface area contributed by atoms with Crippen molar-refractivity contribution in [3.63, 3.8) is 0 Å². The molecule has 0 atom stereocenters. The second-order valence-corrected chi connectivity index (χ2v) is 4.15. The number of ether oxygens (including phenoxy) is 2. The first-order chi connectivity index (χ1) is 9.63. The van der Waals surface area contributed by atoms with Crippen molar-refractivity contribution in [2.24, 2.45) is 0 Å². The van der Waals surface area contributed by atoms with Crippen molar-refractivity contribution in [1.29, 1.82) is 0 Å². The molecule has 0 heterocycles. The van der Waals surface area contributed by atoms with Crippen molar-refractivity contribution in [2.45, 2.75) is 6.61 Å². The number of anilines is 1. The molecular weight excluding hydrogens is 261 g/mol. The number of rotatable bonds is 5. The largest absolute Gasteiger partial charge is 0.482 e. The van der Waals surface area contributed by atoms with Gasteiger partial charge in [-0.3, -0.25) is 0 Å². The minimum absolute atomic E-state index is 0.0827. The van der Waals surface area contributed by atoms with Crippen LogP contribution in [0, 0.1) is 5.82 Å². The predicted molar refractivity (Wildman–Crippen MR) is 72.5 cm³/mol. The Balaban J connectivity index is 1.77. The third kappa shape index (κ3) is 4.28. The lowest BCUT2D eigenvalue weighted by atomic mass is 10.2. The summed E-state index contributed by atoms with van der Waals surface area (Å²) in [6.45, 7) is -0.121. The maximum Gasteiger partial charge on any atom is 0.344 e. The van der Waals surface area contributed by atoms with Crippen LogP contribution >= 0.6 is 0 Å². The van der Waals surface area contributed by atoms with Gasteiger partial charge in [0.05, 0.1) is 0 Å². The fourth-order valence-corrected chi connectivity index (χ4v) is 1.53. The summed E-state index contributed by atoms with van der Waals surface area (Å²) < 4.78 is 22.9. The minimum atomic E-state index is -0.503. The topological polar surface area (TPSA) is 61.5 Å². The van der Waals surface area contributed by atoms with E-state index in [1.165, 1.54) is 12.1 Å². The van der Waals surface area contributed by atoms with E-state index in [4.69, 9.17) is 15.2 Å². The van der Waals surface area contributed by atoms with E-state index in [-0.39, 0.29) is 19.0 Å². The molecule has 2 rings (SSSR count). The lowest BCUT2D eigenvalue weighted by molar-refractivity contribution is -0.147. The summed E-state index contributed by atoms with van der Waals surface area (Å²) >= 11 is 0. The summed E-state index contributed by atoms with van der Waals surface area (Å²) in [6.07, 6.45) is 0. The van der Waals surface area contributed by atoms with Crippen LogP contribution in [-0.4, -0.2) is 12.6 Å². The van der Waals surface area contributed by atoms with Gasteiger partial charge in [0.2, 0.25) is 0 Å². The van der Waals surface area contributed by atoms with E-state index >= 15 is 0 Å². The van der Waals surface area contributed by atoms with Gasteiger partial charge in [-0.15, -0.1) is 0 Å². The van der Waals surface area contributed by atoms with E-state index in [1.807, 2.05) is 0 Å². The summed E-state index contributed by atoms with van der Waals surface area (Å²) in [7, 11) is 0. The van der Waals surface area contributed by atoms with Gasteiger partial charge in [0.1, 0.15) is 18.2 Å². The second kappa shape index (κ2) is 6.56. The molecule has 0 bridgehead atoms. The third-order valence-corrected chi connectivity index (χ3v) is 2.53. The molecular formula is C15H14FNO3. The van der Waals surface area contributed by atoms with E-state index in [0.717, 1.165) is 0 Å². The first-order valence-corrected chi connectivity index (χ1v) is 6.02. The van der Waals surface area contributed by atoms with Gasteiger partial charge >= 0.3 is 5.97 Å². The minimum Gasteiger partial charge on any atom is -0.482 e. The summed E-state index contributed by atoms with van der Waals surface area (Å²) in [5.41, 5.74) is 6.85. The fraction of sp³-hybridized carbons (Fsp3) is 0.133. The molecule has 0 aliphatic carbocycles. The smallest absolute Gasteiger partial charge is 0.344 e. The molecule has 0 spiro atoms. The summed E-state index contributed by atoms with van der Waals surface area (Å²) in [5, 5.41) is 0. The van der Waals surface area contributed by atoms with Gasteiger partial charge in [-0.05, 0) is 29.8 Å². The summed E-state index contributed by atoms with van der Waals surface area (Å²) in [5.74, 6) is -0.328. The number of halogens is 1. The number of nitrogens with two attached hydrogens (primary N) is 1. The summed E-state index contributed by atoms with van der Waals surface area (Å²) in [6, 6.07) is 12.5. The molecule has 0 aliphatic rings. The number of benzene rings is 2. The number of hydrogen-bond acceptors (Lipinski definition) is 4. The van der Waals surface area contributed by atoms with E-state index in [0.29, 0.717) is 17.0 Å². The Bertz CT molecular complexity index is 584. The molecule has 0 unspecified atom stereocenters. The van der Waals surface area contributed by atoms with Crippen molar-refractivity contribution < 1.29 is 18.7 Å². The van der Waals surface area contributed by atoms with Gasteiger partial charge in [-0.25, -0.2) is 9.18 Å². The molecule has 0 aromatic heterocycles. The Morgan fingerprint density at radius 2 is 1.90 bits per heavy atom. The van der Waals surface area contributed by atoms with Crippen molar-refractivity contribution in [3.05, 3.63) is 59.9 Å². The highest BCUT2D eigenvalue weighted by molar-refractivity contribution is 5.71. The molecule has 4 nitrogen and oxygen atoms in total. The maximum absolute atomic E-state index is 12.7. The van der Waals surface area contributed by atoms with Crippen molar-refractivity contribution in [3.8, 4) is 5.75 Å². The number of esters is 1. The Kier molecular flexibility index (Phi) is 4.55. The standard InChI is InChI=1S/C15H14FNO3/c16-12-6-4-11(5-7-12)9-20-15(18)10-19-14-3-1-2-13(17)8-14/h1-8H,9-10,17H2. The molecule has 0 radical (unpaired) electrons. The SMILES string of the molecule is Nc1cccc(OCC(=O)OCc2ccc(F)cc2)c1. The molecule has 5 heteroatoms. The third-order valence-electron chi connectivity index (χ3n) is 2.53. The number of nitrogen functional groups attached to an aromatic ring is 1. The van der Waals surface area contributed by atoms with Gasteiger partial charge in [-0.1, -0.05) is 18.2 Å². The molecule has 0 saturated heterocycles. The molecule has 0 saturated carbocycles. The molecule has 0 fully saturated rings. The molecule has 0 aliphatic heterocycles. The Hall–Kier alpha value is -2.56. The van der Waals surface area contributed by atoms with Crippen LogP contribution in [0.1, 0.15) is 5.56 Å². The molecule has 0 amide bonds. The van der Waals surface area contributed by atoms with E-state index in [2.05, 4.69) is 0 Å². The highest BCUT2D eigenvalue weighted by Crippen LogP contribution is 2.14. The van der Waals surface area contributed by atoms with E-state index in [9.17, 15) is 9.18 Å². The first kappa shape index (κ1) is 13.9. The van der Waals surface area contributed by atoms with Crippen LogP contribution in [-0.2, 0) is 16.1 Å².